The van der Waals surface area contributed by atoms with Crippen LogP contribution in [0.4, 0.5) is 17.1 Å². The van der Waals surface area contributed by atoms with Crippen molar-refractivity contribution < 1.29 is 4.42 Å². The van der Waals surface area contributed by atoms with E-state index in [9.17, 15) is 0 Å². The van der Waals surface area contributed by atoms with Gasteiger partial charge in [-0.2, -0.15) is 0 Å². The van der Waals surface area contributed by atoms with E-state index < -0.39 is 0 Å². The van der Waals surface area contributed by atoms with Gasteiger partial charge in [0.25, 0.3) is 0 Å². The summed E-state index contributed by atoms with van der Waals surface area (Å²) >= 11 is 0. The van der Waals surface area contributed by atoms with Gasteiger partial charge in [-0.05, 0) is 96.4 Å². The molecular weight excluding hydrogens is 727 g/mol. The summed E-state index contributed by atoms with van der Waals surface area (Å²) < 4.78 is 6.83. The van der Waals surface area contributed by atoms with E-state index in [1.54, 1.807) is 0 Å². The standard InChI is InChI=1S/C58H37NO/c1-2-15-38(16-3-1)47-27-13-29-53-54-30-14-28-48(58(54)60-57(47)53)39-31-33-43(34-32-39)59(56-37-42-18-5-7-22-46(42)50-24-10-11-26-52(50)56)44-20-12-19-40(35-44)55-36-41-17-4-6-21-45(41)49-23-8-9-25-51(49)55/h1-37H. The summed E-state index contributed by atoms with van der Waals surface area (Å²) in [6, 6.07) is 81.2. The molecule has 0 amide bonds. The highest BCUT2D eigenvalue weighted by Crippen LogP contribution is 2.45. The van der Waals surface area contributed by atoms with Crippen molar-refractivity contribution in [1.82, 2.24) is 0 Å². The molecule has 0 aliphatic carbocycles. The first-order chi connectivity index (χ1) is 29.8. The molecular formula is C58H37NO. The maximum Gasteiger partial charge on any atom is 0.143 e. The Morgan fingerprint density at radius 3 is 1.42 bits per heavy atom. The highest BCUT2D eigenvalue weighted by Gasteiger charge is 2.20. The predicted octanol–water partition coefficient (Wildman–Crippen LogP) is 16.7. The highest BCUT2D eigenvalue weighted by molar-refractivity contribution is 6.16. The molecule has 60 heavy (non-hydrogen) atoms. The van der Waals surface area contributed by atoms with Crippen molar-refractivity contribution in [1.29, 1.82) is 0 Å². The van der Waals surface area contributed by atoms with E-state index in [0.717, 1.165) is 61.3 Å². The number of benzene rings is 11. The topological polar surface area (TPSA) is 16.4 Å². The smallest absolute Gasteiger partial charge is 0.143 e. The molecule has 2 nitrogen and oxygen atoms in total. The average Bonchev–Trinajstić information content (AvgIpc) is 3.71. The lowest BCUT2D eigenvalue weighted by Gasteiger charge is -2.28. The van der Waals surface area contributed by atoms with Gasteiger partial charge in [0.15, 0.2) is 0 Å². The summed E-state index contributed by atoms with van der Waals surface area (Å²) in [5.41, 5.74) is 11.9. The summed E-state index contributed by atoms with van der Waals surface area (Å²) in [4.78, 5) is 2.43. The normalized spacial score (nSPS) is 11.7. The monoisotopic (exact) mass is 763 g/mol. The largest absolute Gasteiger partial charge is 0.455 e. The first-order valence-corrected chi connectivity index (χ1v) is 20.6. The lowest BCUT2D eigenvalue weighted by atomic mass is 9.93. The van der Waals surface area contributed by atoms with E-state index >= 15 is 0 Å². The quantitative estimate of drug-likeness (QED) is 0.157. The zero-order chi connectivity index (χ0) is 39.6. The second-order valence-corrected chi connectivity index (χ2v) is 15.6. The second-order valence-electron chi connectivity index (χ2n) is 15.6. The van der Waals surface area contributed by atoms with E-state index in [4.69, 9.17) is 4.42 Å². The number of hydrogen-bond donors (Lipinski definition) is 0. The van der Waals surface area contributed by atoms with Gasteiger partial charge in [0.1, 0.15) is 11.2 Å². The third-order valence-corrected chi connectivity index (χ3v) is 12.2. The number of furan rings is 1. The van der Waals surface area contributed by atoms with E-state index in [2.05, 4.69) is 229 Å². The molecule has 0 fully saturated rings. The van der Waals surface area contributed by atoms with Gasteiger partial charge in [-0.25, -0.2) is 0 Å². The molecule has 0 saturated heterocycles. The van der Waals surface area contributed by atoms with Crippen LogP contribution in [-0.2, 0) is 0 Å². The fourth-order valence-electron chi connectivity index (χ4n) is 9.44. The third-order valence-electron chi connectivity index (χ3n) is 12.2. The maximum absolute atomic E-state index is 6.83. The molecule has 0 aliphatic rings. The molecule has 0 radical (unpaired) electrons. The Kier molecular flexibility index (Phi) is 7.89. The highest BCUT2D eigenvalue weighted by atomic mass is 16.3. The predicted molar refractivity (Wildman–Crippen MR) is 255 cm³/mol. The summed E-state index contributed by atoms with van der Waals surface area (Å²) in [6.07, 6.45) is 0. The minimum atomic E-state index is 0.899. The fraction of sp³-hybridized carbons (Fsp3) is 0. The number of para-hydroxylation sites is 2. The van der Waals surface area contributed by atoms with Gasteiger partial charge in [0.2, 0.25) is 0 Å². The number of fused-ring (bicyclic) bond motifs is 9. The Morgan fingerprint density at radius 2 is 0.750 bits per heavy atom. The lowest BCUT2D eigenvalue weighted by molar-refractivity contribution is 0.671. The van der Waals surface area contributed by atoms with Crippen LogP contribution >= 0.6 is 0 Å². The van der Waals surface area contributed by atoms with Crippen LogP contribution in [0.5, 0.6) is 0 Å². The van der Waals surface area contributed by atoms with Gasteiger partial charge >= 0.3 is 0 Å². The first-order valence-electron chi connectivity index (χ1n) is 20.6. The van der Waals surface area contributed by atoms with Crippen LogP contribution in [0, 0.1) is 0 Å². The van der Waals surface area contributed by atoms with Gasteiger partial charge < -0.3 is 9.32 Å². The van der Waals surface area contributed by atoms with Gasteiger partial charge in [0.05, 0.1) is 5.69 Å². The average molecular weight is 764 g/mol. The maximum atomic E-state index is 6.83. The van der Waals surface area contributed by atoms with Crippen LogP contribution in [0.2, 0.25) is 0 Å². The fourth-order valence-corrected chi connectivity index (χ4v) is 9.44. The van der Waals surface area contributed by atoms with Gasteiger partial charge in [0, 0.05) is 38.7 Å². The van der Waals surface area contributed by atoms with E-state index in [1.165, 1.54) is 54.2 Å². The minimum Gasteiger partial charge on any atom is -0.455 e. The van der Waals surface area contributed by atoms with Gasteiger partial charge in [-0.1, -0.05) is 188 Å². The van der Waals surface area contributed by atoms with Crippen molar-refractivity contribution in [2.45, 2.75) is 0 Å². The van der Waals surface area contributed by atoms with Crippen molar-refractivity contribution in [3.05, 3.63) is 224 Å². The summed E-state index contributed by atoms with van der Waals surface area (Å²) in [7, 11) is 0. The molecule has 0 unspecified atom stereocenters. The third kappa shape index (κ3) is 5.50. The summed E-state index contributed by atoms with van der Waals surface area (Å²) in [5.74, 6) is 0. The second kappa shape index (κ2) is 13.9. The van der Waals surface area contributed by atoms with Crippen molar-refractivity contribution in [2.24, 2.45) is 0 Å². The number of hydrogen-bond acceptors (Lipinski definition) is 2. The summed E-state index contributed by atoms with van der Waals surface area (Å²) in [6.45, 7) is 0. The molecule has 0 aliphatic heterocycles. The van der Waals surface area contributed by atoms with Crippen molar-refractivity contribution >= 4 is 82.1 Å². The Bertz CT molecular complexity index is 3600. The van der Waals surface area contributed by atoms with Crippen LogP contribution in [0.3, 0.4) is 0 Å². The molecule has 11 aromatic carbocycles. The molecule has 0 saturated carbocycles. The molecule has 0 N–H and O–H groups in total. The molecule has 1 heterocycles. The Labute approximate surface area is 347 Å². The molecule has 1 aromatic heterocycles. The van der Waals surface area contributed by atoms with Crippen LogP contribution in [-0.4, -0.2) is 0 Å². The first kappa shape index (κ1) is 34.1. The Morgan fingerprint density at radius 1 is 0.267 bits per heavy atom. The molecule has 2 heteroatoms. The van der Waals surface area contributed by atoms with Crippen LogP contribution < -0.4 is 4.90 Å². The van der Waals surface area contributed by atoms with Crippen LogP contribution in [0.1, 0.15) is 0 Å². The van der Waals surface area contributed by atoms with Gasteiger partial charge in [-0.3, -0.25) is 0 Å². The zero-order valence-corrected chi connectivity index (χ0v) is 32.7. The molecule has 0 spiro atoms. The van der Waals surface area contributed by atoms with Crippen molar-refractivity contribution in [3.63, 3.8) is 0 Å². The zero-order valence-electron chi connectivity index (χ0n) is 32.7. The minimum absolute atomic E-state index is 0.899. The molecule has 0 bridgehead atoms. The number of anilines is 3. The van der Waals surface area contributed by atoms with Crippen LogP contribution in [0.15, 0.2) is 229 Å². The Balaban J connectivity index is 1.04. The van der Waals surface area contributed by atoms with E-state index in [1.807, 2.05) is 0 Å². The van der Waals surface area contributed by atoms with Gasteiger partial charge in [-0.15, -0.1) is 0 Å². The number of nitrogens with zero attached hydrogens (tertiary/aromatic N) is 1. The molecule has 12 aromatic rings. The van der Waals surface area contributed by atoms with Crippen LogP contribution in [0.25, 0.3) is 98.4 Å². The number of rotatable bonds is 6. The Hall–Kier alpha value is -7.94. The SMILES string of the molecule is c1ccc(-c2cccc3c2oc2c(-c4ccc(N(c5cccc(-c6cc7ccccc7c7ccccc67)c5)c5cc6ccccc6c6ccccc56)cc4)cccc23)cc1. The molecule has 280 valence electrons. The van der Waals surface area contributed by atoms with E-state index in [-0.39, 0.29) is 0 Å². The molecule has 12 rings (SSSR count). The lowest BCUT2D eigenvalue weighted by Crippen LogP contribution is -2.11. The van der Waals surface area contributed by atoms with Crippen molar-refractivity contribution in [2.75, 3.05) is 4.90 Å². The van der Waals surface area contributed by atoms with Crippen molar-refractivity contribution in [3.8, 4) is 33.4 Å². The summed E-state index contributed by atoms with van der Waals surface area (Å²) in [5, 5.41) is 12.1. The molecule has 0 atom stereocenters. The van der Waals surface area contributed by atoms with E-state index in [0.29, 0.717) is 0 Å².